The Kier molecular flexibility index (Phi) is 4.48. The van der Waals surface area contributed by atoms with Crippen LogP contribution < -0.4 is 5.32 Å². The van der Waals surface area contributed by atoms with Gasteiger partial charge < -0.3 is 10.1 Å². The van der Waals surface area contributed by atoms with Gasteiger partial charge in [-0.1, -0.05) is 36.4 Å². The Balaban J connectivity index is 1.59. The third kappa shape index (κ3) is 3.42. The molecule has 4 rings (SSSR count). The van der Waals surface area contributed by atoms with Crippen molar-refractivity contribution in [1.29, 1.82) is 0 Å². The van der Waals surface area contributed by atoms with Crippen molar-refractivity contribution >= 4 is 11.4 Å². The molecule has 0 spiro atoms. The molecule has 1 amide bonds. The van der Waals surface area contributed by atoms with E-state index in [1.807, 2.05) is 36.4 Å². The number of rotatable bonds is 5. The SMILES string of the molecule is O=C(NC(CC1CCOC1)c1ccccc1)c1cccc2ccnn12. The fraction of sp³-hybridized carbons (Fsp3) is 0.300. The minimum absolute atomic E-state index is 0.0359. The Morgan fingerprint density at radius 1 is 1.20 bits per heavy atom. The normalized spacial score (nSPS) is 18.3. The van der Waals surface area contributed by atoms with Crippen LogP contribution in [0.15, 0.2) is 60.8 Å². The fourth-order valence-corrected chi connectivity index (χ4v) is 3.42. The van der Waals surface area contributed by atoms with Crippen molar-refractivity contribution in [3.63, 3.8) is 0 Å². The first-order valence-corrected chi connectivity index (χ1v) is 8.67. The van der Waals surface area contributed by atoms with Crippen LogP contribution in [0, 0.1) is 5.92 Å². The average molecular weight is 335 g/mol. The highest BCUT2D eigenvalue weighted by molar-refractivity contribution is 5.93. The predicted molar refractivity (Wildman–Crippen MR) is 95.4 cm³/mol. The van der Waals surface area contributed by atoms with E-state index in [2.05, 4.69) is 22.5 Å². The zero-order valence-electron chi connectivity index (χ0n) is 14.0. The lowest BCUT2D eigenvalue weighted by Crippen LogP contribution is -2.31. The molecule has 1 aromatic carbocycles. The summed E-state index contributed by atoms with van der Waals surface area (Å²) in [6.45, 7) is 1.58. The Morgan fingerprint density at radius 3 is 2.88 bits per heavy atom. The average Bonchev–Trinajstić information content (AvgIpc) is 3.33. The summed E-state index contributed by atoms with van der Waals surface area (Å²) in [5, 5.41) is 7.46. The second-order valence-corrected chi connectivity index (χ2v) is 6.48. The van der Waals surface area contributed by atoms with Crippen LogP contribution in [0.1, 0.15) is 34.9 Å². The van der Waals surface area contributed by atoms with Crippen LogP contribution >= 0.6 is 0 Å². The zero-order chi connectivity index (χ0) is 17.1. The smallest absolute Gasteiger partial charge is 0.270 e. The number of nitrogens with one attached hydrogen (secondary N) is 1. The van der Waals surface area contributed by atoms with Crippen LogP contribution in [0.2, 0.25) is 0 Å². The lowest BCUT2D eigenvalue weighted by molar-refractivity contribution is 0.0921. The molecule has 2 unspecified atom stereocenters. The number of nitrogens with zero attached hydrogens (tertiary/aromatic N) is 2. The van der Waals surface area contributed by atoms with E-state index >= 15 is 0 Å². The lowest BCUT2D eigenvalue weighted by atomic mass is 9.94. The summed E-state index contributed by atoms with van der Waals surface area (Å²) < 4.78 is 7.18. The molecule has 0 saturated carbocycles. The molecule has 0 bridgehead atoms. The monoisotopic (exact) mass is 335 g/mol. The van der Waals surface area contributed by atoms with Crippen LogP contribution in [0.5, 0.6) is 0 Å². The summed E-state index contributed by atoms with van der Waals surface area (Å²) in [5.41, 5.74) is 2.58. The van der Waals surface area contributed by atoms with Gasteiger partial charge in [0.2, 0.25) is 0 Å². The molecule has 2 atom stereocenters. The number of benzene rings is 1. The number of pyridine rings is 1. The van der Waals surface area contributed by atoms with E-state index in [0.717, 1.165) is 37.1 Å². The maximum Gasteiger partial charge on any atom is 0.270 e. The number of hydrogen-bond donors (Lipinski definition) is 1. The largest absolute Gasteiger partial charge is 0.381 e. The van der Waals surface area contributed by atoms with Crippen molar-refractivity contribution in [3.8, 4) is 0 Å². The van der Waals surface area contributed by atoms with Crippen LogP contribution in [0.3, 0.4) is 0 Å². The molecule has 2 aromatic heterocycles. The summed E-state index contributed by atoms with van der Waals surface area (Å²) in [7, 11) is 0. The van der Waals surface area contributed by atoms with Gasteiger partial charge in [0.1, 0.15) is 5.69 Å². The molecule has 1 fully saturated rings. The number of carbonyl (C=O) groups is 1. The third-order valence-electron chi connectivity index (χ3n) is 4.75. The molecule has 25 heavy (non-hydrogen) atoms. The molecule has 1 N–H and O–H groups in total. The van der Waals surface area contributed by atoms with Crippen LogP contribution in [-0.4, -0.2) is 28.7 Å². The summed E-state index contributed by atoms with van der Waals surface area (Å²) >= 11 is 0. The zero-order valence-corrected chi connectivity index (χ0v) is 14.0. The van der Waals surface area contributed by atoms with Gasteiger partial charge in [-0.2, -0.15) is 5.10 Å². The van der Waals surface area contributed by atoms with Crippen molar-refractivity contribution < 1.29 is 9.53 Å². The van der Waals surface area contributed by atoms with Gasteiger partial charge in [-0.05, 0) is 42.5 Å². The standard InChI is InChI=1S/C20H21N3O2/c24-20(19-8-4-7-17-9-11-21-23(17)19)22-18(13-15-10-12-25-14-15)16-5-2-1-3-6-16/h1-9,11,15,18H,10,12-14H2,(H,22,24). The van der Waals surface area contributed by atoms with Crippen molar-refractivity contribution in [1.82, 2.24) is 14.9 Å². The summed E-state index contributed by atoms with van der Waals surface area (Å²) in [6.07, 6.45) is 3.63. The molecule has 1 saturated heterocycles. The van der Waals surface area contributed by atoms with E-state index in [1.54, 1.807) is 16.8 Å². The fourth-order valence-electron chi connectivity index (χ4n) is 3.42. The molecule has 1 aliphatic rings. The van der Waals surface area contributed by atoms with Crippen molar-refractivity contribution in [2.75, 3.05) is 13.2 Å². The molecule has 0 radical (unpaired) electrons. The summed E-state index contributed by atoms with van der Waals surface area (Å²) in [6, 6.07) is 17.6. The first-order chi connectivity index (χ1) is 12.3. The number of carbonyl (C=O) groups excluding carboxylic acids is 1. The Labute approximate surface area is 146 Å². The van der Waals surface area contributed by atoms with Crippen molar-refractivity contribution in [2.45, 2.75) is 18.9 Å². The van der Waals surface area contributed by atoms with E-state index in [-0.39, 0.29) is 11.9 Å². The van der Waals surface area contributed by atoms with E-state index in [0.29, 0.717) is 11.6 Å². The summed E-state index contributed by atoms with van der Waals surface area (Å²) in [4.78, 5) is 12.9. The topological polar surface area (TPSA) is 55.6 Å². The number of aromatic nitrogens is 2. The van der Waals surface area contributed by atoms with Crippen LogP contribution in [0.4, 0.5) is 0 Å². The van der Waals surface area contributed by atoms with Crippen LogP contribution in [0.25, 0.3) is 5.52 Å². The molecular weight excluding hydrogens is 314 g/mol. The Hall–Kier alpha value is -2.66. The third-order valence-corrected chi connectivity index (χ3v) is 4.75. The maximum absolute atomic E-state index is 12.9. The second kappa shape index (κ2) is 7.07. The minimum atomic E-state index is -0.109. The van der Waals surface area contributed by atoms with Crippen LogP contribution in [-0.2, 0) is 4.74 Å². The molecule has 5 heteroatoms. The van der Waals surface area contributed by atoms with Gasteiger partial charge in [0.15, 0.2) is 0 Å². The van der Waals surface area contributed by atoms with Crippen molar-refractivity contribution in [3.05, 3.63) is 72.1 Å². The molecule has 3 heterocycles. The second-order valence-electron chi connectivity index (χ2n) is 6.48. The first kappa shape index (κ1) is 15.8. The van der Waals surface area contributed by atoms with Gasteiger partial charge in [-0.25, -0.2) is 4.52 Å². The van der Waals surface area contributed by atoms with E-state index in [1.165, 1.54) is 0 Å². The molecule has 0 aliphatic carbocycles. The van der Waals surface area contributed by atoms with Gasteiger partial charge in [0.05, 0.1) is 17.8 Å². The van der Waals surface area contributed by atoms with Gasteiger partial charge in [0, 0.05) is 13.2 Å². The Bertz CT molecular complexity index is 854. The van der Waals surface area contributed by atoms with Crippen molar-refractivity contribution in [2.24, 2.45) is 5.92 Å². The molecule has 1 aliphatic heterocycles. The number of amides is 1. The van der Waals surface area contributed by atoms with E-state index in [9.17, 15) is 4.79 Å². The molecular formula is C20H21N3O2. The van der Waals surface area contributed by atoms with E-state index < -0.39 is 0 Å². The first-order valence-electron chi connectivity index (χ1n) is 8.67. The summed E-state index contributed by atoms with van der Waals surface area (Å²) in [5.74, 6) is 0.369. The molecule has 5 nitrogen and oxygen atoms in total. The molecule has 128 valence electrons. The Morgan fingerprint density at radius 2 is 2.08 bits per heavy atom. The quantitative estimate of drug-likeness (QED) is 0.779. The number of hydrogen-bond acceptors (Lipinski definition) is 3. The maximum atomic E-state index is 12.9. The number of fused-ring (bicyclic) bond motifs is 1. The highest BCUT2D eigenvalue weighted by Gasteiger charge is 2.24. The highest BCUT2D eigenvalue weighted by Crippen LogP contribution is 2.27. The minimum Gasteiger partial charge on any atom is -0.381 e. The van der Waals surface area contributed by atoms with Gasteiger partial charge >= 0.3 is 0 Å². The van der Waals surface area contributed by atoms with Gasteiger partial charge in [-0.3, -0.25) is 4.79 Å². The van der Waals surface area contributed by atoms with E-state index in [4.69, 9.17) is 4.74 Å². The number of ether oxygens (including phenoxy) is 1. The predicted octanol–water partition coefficient (Wildman–Crippen LogP) is 3.23. The lowest BCUT2D eigenvalue weighted by Gasteiger charge is -2.22. The highest BCUT2D eigenvalue weighted by atomic mass is 16.5. The van der Waals surface area contributed by atoms with Gasteiger partial charge in [-0.15, -0.1) is 0 Å². The molecule has 3 aromatic rings. The van der Waals surface area contributed by atoms with Gasteiger partial charge in [0.25, 0.3) is 5.91 Å².